The van der Waals surface area contributed by atoms with Crippen molar-refractivity contribution >= 4 is 11.6 Å². The fourth-order valence-corrected chi connectivity index (χ4v) is 1.64. The molecule has 94 valence electrons. The van der Waals surface area contributed by atoms with Crippen LogP contribution in [0.5, 0.6) is 0 Å². The Morgan fingerprint density at radius 3 is 3.00 bits per heavy atom. The van der Waals surface area contributed by atoms with Gasteiger partial charge < -0.3 is 15.6 Å². The lowest BCUT2D eigenvalue weighted by Crippen LogP contribution is -2.27. The van der Waals surface area contributed by atoms with Crippen molar-refractivity contribution in [2.45, 2.75) is 13.5 Å². The predicted octanol–water partition coefficient (Wildman–Crippen LogP) is 1.20. The number of hydrogen-bond acceptors (Lipinski definition) is 3. The molecule has 0 radical (unpaired) electrons. The second-order valence-corrected chi connectivity index (χ2v) is 4.13. The highest BCUT2D eigenvalue weighted by Crippen LogP contribution is 2.12. The third kappa shape index (κ3) is 2.88. The average Bonchev–Trinajstić information content (AvgIpc) is 2.85. The van der Waals surface area contributed by atoms with Gasteiger partial charge in [0.25, 0.3) is 5.91 Å². The first-order chi connectivity index (χ1) is 8.66. The maximum Gasteiger partial charge on any atom is 0.251 e. The van der Waals surface area contributed by atoms with E-state index in [0.717, 1.165) is 5.56 Å². The van der Waals surface area contributed by atoms with Crippen LogP contribution in [0.15, 0.2) is 36.9 Å². The summed E-state index contributed by atoms with van der Waals surface area (Å²) in [5.41, 5.74) is 7.96. The molecule has 5 heteroatoms. The van der Waals surface area contributed by atoms with Gasteiger partial charge >= 0.3 is 0 Å². The Bertz CT molecular complexity index is 534. The highest BCUT2D eigenvalue weighted by Gasteiger charge is 2.05. The molecule has 0 saturated heterocycles. The Hall–Kier alpha value is -2.30. The van der Waals surface area contributed by atoms with Crippen LogP contribution in [0.3, 0.4) is 0 Å². The SMILES string of the molecule is Cc1cc(C(=O)NCCn2ccnc2)ccc1N. The third-order valence-electron chi connectivity index (χ3n) is 2.75. The number of nitrogens with two attached hydrogens (primary N) is 1. The van der Waals surface area contributed by atoms with E-state index >= 15 is 0 Å². The molecule has 1 aromatic carbocycles. The van der Waals surface area contributed by atoms with Crippen molar-refractivity contribution in [3.8, 4) is 0 Å². The number of amides is 1. The van der Waals surface area contributed by atoms with Gasteiger partial charge in [0.1, 0.15) is 0 Å². The lowest BCUT2D eigenvalue weighted by molar-refractivity contribution is 0.0952. The van der Waals surface area contributed by atoms with E-state index < -0.39 is 0 Å². The summed E-state index contributed by atoms with van der Waals surface area (Å²) in [7, 11) is 0. The first-order valence-corrected chi connectivity index (χ1v) is 5.77. The fourth-order valence-electron chi connectivity index (χ4n) is 1.64. The Labute approximate surface area is 106 Å². The van der Waals surface area contributed by atoms with Gasteiger partial charge in [0.05, 0.1) is 6.33 Å². The largest absolute Gasteiger partial charge is 0.399 e. The Kier molecular flexibility index (Phi) is 3.62. The van der Waals surface area contributed by atoms with Crippen LogP contribution in [0.2, 0.25) is 0 Å². The van der Waals surface area contributed by atoms with Gasteiger partial charge in [-0.15, -0.1) is 0 Å². The topological polar surface area (TPSA) is 72.9 Å². The summed E-state index contributed by atoms with van der Waals surface area (Å²) < 4.78 is 1.91. The molecule has 2 aromatic rings. The minimum absolute atomic E-state index is 0.0850. The molecule has 1 heterocycles. The first-order valence-electron chi connectivity index (χ1n) is 5.77. The van der Waals surface area contributed by atoms with Crippen molar-refractivity contribution in [1.29, 1.82) is 0 Å². The van der Waals surface area contributed by atoms with Crippen LogP contribution in [0.1, 0.15) is 15.9 Å². The number of imidazole rings is 1. The number of aromatic nitrogens is 2. The number of rotatable bonds is 4. The summed E-state index contributed by atoms with van der Waals surface area (Å²) in [6.45, 7) is 3.16. The molecule has 0 saturated carbocycles. The van der Waals surface area contributed by atoms with Gasteiger partial charge in [0.15, 0.2) is 0 Å². The van der Waals surface area contributed by atoms with Crippen molar-refractivity contribution in [2.75, 3.05) is 12.3 Å². The van der Waals surface area contributed by atoms with E-state index in [-0.39, 0.29) is 5.91 Å². The van der Waals surface area contributed by atoms with Gasteiger partial charge in [-0.2, -0.15) is 0 Å². The number of nitrogens with zero attached hydrogens (tertiary/aromatic N) is 2. The van der Waals surface area contributed by atoms with Crippen LogP contribution < -0.4 is 11.1 Å². The van der Waals surface area contributed by atoms with Crippen LogP contribution in [-0.2, 0) is 6.54 Å². The highest BCUT2D eigenvalue weighted by atomic mass is 16.1. The van der Waals surface area contributed by atoms with E-state index in [1.54, 1.807) is 30.7 Å². The van der Waals surface area contributed by atoms with Crippen molar-refractivity contribution in [2.24, 2.45) is 0 Å². The van der Waals surface area contributed by atoms with E-state index in [1.807, 2.05) is 17.7 Å². The zero-order valence-corrected chi connectivity index (χ0v) is 10.3. The summed E-state index contributed by atoms with van der Waals surface area (Å²) >= 11 is 0. The lowest BCUT2D eigenvalue weighted by atomic mass is 10.1. The number of nitrogens with one attached hydrogen (secondary N) is 1. The highest BCUT2D eigenvalue weighted by molar-refractivity contribution is 5.94. The van der Waals surface area contributed by atoms with Crippen LogP contribution in [-0.4, -0.2) is 22.0 Å². The van der Waals surface area contributed by atoms with Gasteiger partial charge in [-0.25, -0.2) is 4.98 Å². The van der Waals surface area contributed by atoms with Crippen LogP contribution in [0.4, 0.5) is 5.69 Å². The number of benzene rings is 1. The summed E-state index contributed by atoms with van der Waals surface area (Å²) in [5, 5.41) is 2.86. The van der Waals surface area contributed by atoms with Crippen molar-refractivity contribution in [1.82, 2.24) is 14.9 Å². The zero-order chi connectivity index (χ0) is 13.0. The zero-order valence-electron chi connectivity index (χ0n) is 10.3. The molecule has 1 aromatic heterocycles. The Morgan fingerprint density at radius 2 is 2.33 bits per heavy atom. The van der Waals surface area contributed by atoms with Gasteiger partial charge in [0, 0.05) is 36.7 Å². The second-order valence-electron chi connectivity index (χ2n) is 4.13. The van der Waals surface area contributed by atoms with E-state index in [9.17, 15) is 4.79 Å². The standard InChI is InChI=1S/C13H16N4O/c1-10-8-11(2-3-12(10)14)13(18)16-5-7-17-6-4-15-9-17/h2-4,6,8-9H,5,7,14H2,1H3,(H,16,18). The minimum Gasteiger partial charge on any atom is -0.399 e. The first kappa shape index (κ1) is 12.2. The molecule has 0 aliphatic carbocycles. The summed E-state index contributed by atoms with van der Waals surface area (Å²) in [6, 6.07) is 5.27. The summed E-state index contributed by atoms with van der Waals surface area (Å²) in [6.07, 6.45) is 5.30. The molecule has 3 N–H and O–H groups in total. The van der Waals surface area contributed by atoms with Gasteiger partial charge in [-0.1, -0.05) is 0 Å². The Morgan fingerprint density at radius 1 is 1.50 bits per heavy atom. The van der Waals surface area contributed by atoms with Crippen LogP contribution >= 0.6 is 0 Å². The maximum absolute atomic E-state index is 11.9. The molecule has 2 rings (SSSR count). The number of anilines is 1. The van der Waals surface area contributed by atoms with Crippen molar-refractivity contribution < 1.29 is 4.79 Å². The summed E-state index contributed by atoms with van der Waals surface area (Å²) in [5.74, 6) is -0.0850. The molecule has 0 bridgehead atoms. The van der Waals surface area contributed by atoms with Crippen molar-refractivity contribution in [3.05, 3.63) is 48.0 Å². The predicted molar refractivity (Wildman–Crippen MR) is 70.2 cm³/mol. The fraction of sp³-hybridized carbons (Fsp3) is 0.231. The number of hydrogen-bond donors (Lipinski definition) is 2. The molecular formula is C13H16N4O. The quantitative estimate of drug-likeness (QED) is 0.794. The molecule has 0 fully saturated rings. The van der Waals surface area contributed by atoms with E-state index in [4.69, 9.17) is 5.73 Å². The number of nitrogen functional groups attached to an aromatic ring is 1. The second kappa shape index (κ2) is 5.35. The van der Waals surface area contributed by atoms with Gasteiger partial charge in [-0.05, 0) is 30.7 Å². The van der Waals surface area contributed by atoms with Crippen molar-refractivity contribution in [3.63, 3.8) is 0 Å². The lowest BCUT2D eigenvalue weighted by Gasteiger charge is -2.07. The third-order valence-corrected chi connectivity index (χ3v) is 2.75. The van der Waals surface area contributed by atoms with Crippen LogP contribution in [0, 0.1) is 6.92 Å². The average molecular weight is 244 g/mol. The Balaban J connectivity index is 1.89. The molecule has 5 nitrogen and oxygen atoms in total. The molecule has 0 spiro atoms. The van der Waals surface area contributed by atoms with Crippen LogP contribution in [0.25, 0.3) is 0 Å². The molecule has 1 amide bonds. The van der Waals surface area contributed by atoms with Gasteiger partial charge in [0.2, 0.25) is 0 Å². The monoisotopic (exact) mass is 244 g/mol. The van der Waals surface area contributed by atoms with E-state index in [2.05, 4.69) is 10.3 Å². The number of carbonyl (C=O) groups is 1. The van der Waals surface area contributed by atoms with Gasteiger partial charge in [-0.3, -0.25) is 4.79 Å². The number of carbonyl (C=O) groups excluding carboxylic acids is 1. The normalized spacial score (nSPS) is 10.3. The maximum atomic E-state index is 11.9. The molecule has 0 aliphatic heterocycles. The summed E-state index contributed by atoms with van der Waals surface area (Å²) in [4.78, 5) is 15.8. The number of aryl methyl sites for hydroxylation is 1. The molecular weight excluding hydrogens is 228 g/mol. The van der Waals surface area contributed by atoms with E-state index in [1.165, 1.54) is 0 Å². The van der Waals surface area contributed by atoms with E-state index in [0.29, 0.717) is 24.3 Å². The molecule has 0 unspecified atom stereocenters. The molecule has 0 aliphatic rings. The smallest absolute Gasteiger partial charge is 0.251 e. The molecule has 18 heavy (non-hydrogen) atoms. The molecule has 0 atom stereocenters. The minimum atomic E-state index is -0.0850.